The summed E-state index contributed by atoms with van der Waals surface area (Å²) in [6.45, 7) is 0. The third kappa shape index (κ3) is 6.09. The highest BCUT2D eigenvalue weighted by molar-refractivity contribution is 6.24. The molecule has 0 aliphatic carbocycles. The average Bonchev–Trinajstić information content (AvgIpc) is 4.08. The van der Waals surface area contributed by atoms with Crippen LogP contribution in [0.1, 0.15) is 0 Å². The Kier molecular flexibility index (Phi) is 8.79. The Hall–Kier alpha value is -9.39. The lowest BCUT2D eigenvalue weighted by atomic mass is 9.98. The first kappa shape index (κ1) is 38.8. The lowest BCUT2D eigenvalue weighted by Crippen LogP contribution is -2.08. The van der Waals surface area contributed by atoms with E-state index in [2.05, 4.69) is 238 Å². The van der Waals surface area contributed by atoms with Gasteiger partial charge in [0.25, 0.3) is 0 Å². The fraction of sp³-hybridized carbons (Fsp3) is 0. The summed E-state index contributed by atoms with van der Waals surface area (Å²) in [4.78, 5) is 16.5. The minimum atomic E-state index is 0.537. The molecule has 0 aliphatic heterocycles. The summed E-state index contributed by atoms with van der Waals surface area (Å²) in [5, 5.41) is 6.82. The number of rotatable bonds is 7. The van der Waals surface area contributed by atoms with Gasteiger partial charge in [-0.15, -0.1) is 0 Å². The van der Waals surface area contributed by atoms with Crippen molar-refractivity contribution >= 4 is 65.4 Å². The summed E-state index contributed by atoms with van der Waals surface area (Å²) in [7, 11) is 0. The third-order valence-electron chi connectivity index (χ3n) is 13.7. The van der Waals surface area contributed by atoms with Crippen LogP contribution in [0.25, 0.3) is 128 Å². The van der Waals surface area contributed by atoms with Gasteiger partial charge in [0.15, 0.2) is 11.6 Å². The van der Waals surface area contributed by atoms with Crippen LogP contribution in [0.4, 0.5) is 0 Å². The molecule has 69 heavy (non-hydrogen) atoms. The number of hydrogen-bond donors (Lipinski definition) is 0. The van der Waals surface area contributed by atoms with Gasteiger partial charge < -0.3 is 9.13 Å². The SMILES string of the molecule is c1ccc(-c2ccc(-c3ccccc3)c(-n3c4ccccc4c4ccc5c6ccccc6n(-c6nc(-c7ccccc7)nc(-c7cccc8c9ccccc9n(-c9ccccc9)c78)n6)c5c43)c2)cc1. The molecule has 10 aromatic carbocycles. The summed E-state index contributed by atoms with van der Waals surface area (Å²) in [6.07, 6.45) is 0. The molecule has 0 atom stereocenters. The molecule has 14 rings (SSSR count). The Bertz CT molecular complexity index is 4280. The first-order valence-corrected chi connectivity index (χ1v) is 23.4. The van der Waals surface area contributed by atoms with Gasteiger partial charge in [-0.05, 0) is 59.2 Å². The molecule has 0 fully saturated rings. The number of hydrogen-bond acceptors (Lipinski definition) is 3. The van der Waals surface area contributed by atoms with Gasteiger partial charge in [-0.1, -0.05) is 200 Å². The van der Waals surface area contributed by atoms with E-state index in [1.807, 2.05) is 18.2 Å². The molecule has 0 bridgehead atoms. The minimum Gasteiger partial charge on any atom is -0.309 e. The molecule has 6 nitrogen and oxygen atoms in total. The van der Waals surface area contributed by atoms with Crippen LogP contribution >= 0.6 is 0 Å². The van der Waals surface area contributed by atoms with E-state index in [4.69, 9.17) is 15.0 Å². The predicted octanol–water partition coefficient (Wildman–Crippen LogP) is 15.8. The summed E-state index contributed by atoms with van der Waals surface area (Å²) >= 11 is 0. The first-order chi connectivity index (χ1) is 34.3. The van der Waals surface area contributed by atoms with Gasteiger partial charge in [-0.25, -0.2) is 4.98 Å². The van der Waals surface area contributed by atoms with Crippen molar-refractivity contribution < 1.29 is 0 Å². The third-order valence-corrected chi connectivity index (χ3v) is 13.7. The zero-order chi connectivity index (χ0) is 45.4. The summed E-state index contributed by atoms with van der Waals surface area (Å²) in [5.41, 5.74) is 14.9. The standard InChI is InChI=1S/C63H40N6/c1-5-20-41(21-6-1)44-36-37-46(42-22-7-2-8-23-42)57(40-44)68-55-34-17-14-29-48(55)51-38-39-52-49-30-15-18-35-56(49)69(60(52)59(51)68)63-65-61(43-24-9-3-10-25-43)64-62(66-63)53-32-19-31-50-47-28-13-16-33-54(47)67(58(50)53)45-26-11-4-12-27-45/h1-40H. The zero-order valence-corrected chi connectivity index (χ0v) is 37.3. The van der Waals surface area contributed by atoms with Gasteiger partial charge in [0.1, 0.15) is 0 Å². The Labute approximate surface area is 397 Å². The highest BCUT2D eigenvalue weighted by atomic mass is 15.2. The van der Waals surface area contributed by atoms with E-state index in [9.17, 15) is 0 Å². The van der Waals surface area contributed by atoms with Crippen molar-refractivity contribution in [3.05, 3.63) is 243 Å². The molecule has 6 heteroatoms. The van der Waals surface area contributed by atoms with E-state index in [1.165, 1.54) is 5.39 Å². The van der Waals surface area contributed by atoms with Gasteiger partial charge in [-0.2, -0.15) is 9.97 Å². The van der Waals surface area contributed by atoms with E-state index in [-0.39, 0.29) is 0 Å². The van der Waals surface area contributed by atoms with Crippen LogP contribution in [0.5, 0.6) is 0 Å². The van der Waals surface area contributed by atoms with Gasteiger partial charge in [0.2, 0.25) is 5.95 Å². The van der Waals surface area contributed by atoms with Crippen LogP contribution in [0, 0.1) is 0 Å². The first-order valence-electron chi connectivity index (χ1n) is 23.4. The van der Waals surface area contributed by atoms with Gasteiger partial charge in [-0.3, -0.25) is 4.57 Å². The van der Waals surface area contributed by atoms with E-state index >= 15 is 0 Å². The molecular weight excluding hydrogens is 841 g/mol. The molecule has 0 aliphatic rings. The van der Waals surface area contributed by atoms with Crippen molar-refractivity contribution in [1.82, 2.24) is 28.7 Å². The van der Waals surface area contributed by atoms with Crippen molar-refractivity contribution in [2.75, 3.05) is 0 Å². The summed E-state index contributed by atoms with van der Waals surface area (Å²) in [6, 6.07) is 86.3. The van der Waals surface area contributed by atoms with Gasteiger partial charge in [0.05, 0.1) is 38.8 Å². The van der Waals surface area contributed by atoms with Crippen LogP contribution in [-0.4, -0.2) is 28.7 Å². The van der Waals surface area contributed by atoms with Crippen LogP contribution in [0.3, 0.4) is 0 Å². The van der Waals surface area contributed by atoms with E-state index in [0.717, 1.165) is 105 Å². The fourth-order valence-electron chi connectivity index (χ4n) is 10.7. The number of nitrogens with zero attached hydrogens (tertiary/aromatic N) is 6. The molecule has 4 heterocycles. The van der Waals surface area contributed by atoms with E-state index in [0.29, 0.717) is 17.6 Å². The molecule has 0 spiro atoms. The molecule has 4 aromatic heterocycles. The number of para-hydroxylation sites is 5. The Morgan fingerprint density at radius 3 is 1.38 bits per heavy atom. The molecule has 0 N–H and O–H groups in total. The molecule has 0 unspecified atom stereocenters. The topological polar surface area (TPSA) is 53.5 Å². The maximum Gasteiger partial charge on any atom is 0.238 e. The maximum atomic E-state index is 5.63. The molecule has 14 aromatic rings. The Balaban J connectivity index is 1.13. The smallest absolute Gasteiger partial charge is 0.238 e. The van der Waals surface area contributed by atoms with Crippen LogP contribution in [0.2, 0.25) is 0 Å². The van der Waals surface area contributed by atoms with Crippen LogP contribution in [-0.2, 0) is 0 Å². The molecule has 322 valence electrons. The largest absolute Gasteiger partial charge is 0.309 e. The number of aromatic nitrogens is 6. The molecular formula is C63H40N6. The molecule has 0 saturated carbocycles. The quantitative estimate of drug-likeness (QED) is 0.160. The predicted molar refractivity (Wildman–Crippen MR) is 285 cm³/mol. The number of benzene rings is 10. The second kappa shape index (κ2) is 15.6. The molecule has 0 saturated heterocycles. The second-order valence-electron chi connectivity index (χ2n) is 17.6. The highest BCUT2D eigenvalue weighted by Gasteiger charge is 2.26. The van der Waals surface area contributed by atoms with Crippen molar-refractivity contribution in [2.24, 2.45) is 0 Å². The Morgan fingerprint density at radius 2 is 0.739 bits per heavy atom. The monoisotopic (exact) mass is 880 g/mol. The van der Waals surface area contributed by atoms with Crippen LogP contribution in [0.15, 0.2) is 243 Å². The summed E-state index contributed by atoms with van der Waals surface area (Å²) < 4.78 is 7.12. The van der Waals surface area contributed by atoms with Crippen molar-refractivity contribution in [3.8, 4) is 62.4 Å². The van der Waals surface area contributed by atoms with Crippen molar-refractivity contribution in [2.45, 2.75) is 0 Å². The lowest BCUT2D eigenvalue weighted by molar-refractivity contribution is 0.953. The molecule has 0 radical (unpaired) electrons. The fourth-order valence-corrected chi connectivity index (χ4v) is 10.7. The number of fused-ring (bicyclic) bond motifs is 10. The normalized spacial score (nSPS) is 11.8. The van der Waals surface area contributed by atoms with E-state index < -0.39 is 0 Å². The molecule has 0 amide bonds. The van der Waals surface area contributed by atoms with Gasteiger partial charge in [0, 0.05) is 54.7 Å². The van der Waals surface area contributed by atoms with Crippen molar-refractivity contribution in [3.63, 3.8) is 0 Å². The second-order valence-corrected chi connectivity index (χ2v) is 17.6. The highest BCUT2D eigenvalue weighted by Crippen LogP contribution is 2.45. The average molecular weight is 881 g/mol. The summed E-state index contributed by atoms with van der Waals surface area (Å²) in [5.74, 6) is 1.72. The van der Waals surface area contributed by atoms with Gasteiger partial charge >= 0.3 is 0 Å². The lowest BCUT2D eigenvalue weighted by Gasteiger charge is -2.17. The van der Waals surface area contributed by atoms with Crippen LogP contribution < -0.4 is 0 Å². The maximum absolute atomic E-state index is 5.63. The van der Waals surface area contributed by atoms with E-state index in [1.54, 1.807) is 0 Å². The minimum absolute atomic E-state index is 0.537. The zero-order valence-electron chi connectivity index (χ0n) is 37.3. The van der Waals surface area contributed by atoms with Crippen molar-refractivity contribution in [1.29, 1.82) is 0 Å². The Morgan fingerprint density at radius 1 is 0.261 bits per heavy atom.